The molecule has 15 heavy (non-hydrogen) atoms. The summed E-state index contributed by atoms with van der Waals surface area (Å²) in [6, 6.07) is 5.47. The van der Waals surface area contributed by atoms with E-state index in [4.69, 9.17) is 17.3 Å². The summed E-state index contributed by atoms with van der Waals surface area (Å²) in [4.78, 5) is 0. The molecule has 0 aliphatic carbocycles. The van der Waals surface area contributed by atoms with Crippen molar-refractivity contribution < 1.29 is 0 Å². The summed E-state index contributed by atoms with van der Waals surface area (Å²) in [5, 5.41) is 3.74. The van der Waals surface area contributed by atoms with Crippen molar-refractivity contribution in [3.63, 3.8) is 0 Å². The van der Waals surface area contributed by atoms with Crippen molar-refractivity contribution in [3.8, 4) is 0 Å². The number of nitrogens with two attached hydrogens (primary N) is 1. The Morgan fingerprint density at radius 1 is 1.20 bits per heavy atom. The van der Waals surface area contributed by atoms with Crippen molar-refractivity contribution in [3.05, 3.63) is 28.8 Å². The Labute approximate surface area is 98.8 Å². The first-order valence-electron chi connectivity index (χ1n) is 5.42. The summed E-state index contributed by atoms with van der Waals surface area (Å²) in [5.41, 5.74) is 7.50. The van der Waals surface area contributed by atoms with Gasteiger partial charge in [-0.1, -0.05) is 39.3 Å². The van der Waals surface area contributed by atoms with E-state index in [2.05, 4.69) is 5.32 Å². The molecule has 0 aliphatic heterocycles. The molecule has 1 rings (SSSR count). The number of hydrogen-bond acceptors (Lipinski definition) is 2. The highest BCUT2D eigenvalue weighted by Crippen LogP contribution is 2.17. The molecule has 3 N–H and O–H groups in total. The van der Waals surface area contributed by atoms with Crippen LogP contribution >= 0.6 is 11.6 Å². The molecule has 0 heterocycles. The number of nitrogens with one attached hydrogen (secondary N) is 1. The van der Waals surface area contributed by atoms with Gasteiger partial charge in [0.1, 0.15) is 0 Å². The Kier molecular flexibility index (Phi) is 12.6. The third-order valence-corrected chi connectivity index (χ3v) is 1.71. The lowest BCUT2D eigenvalue weighted by molar-refractivity contribution is 0.820. The van der Waals surface area contributed by atoms with Gasteiger partial charge in [-0.05, 0) is 30.8 Å². The zero-order chi connectivity index (χ0) is 12.3. The lowest BCUT2D eigenvalue weighted by Crippen LogP contribution is -2.07. The average Bonchev–Trinajstić information content (AvgIpc) is 2.29. The predicted molar refractivity (Wildman–Crippen MR) is 71.3 cm³/mol. The molecule has 0 aliphatic rings. The molecule has 0 amide bonds. The summed E-state index contributed by atoms with van der Waals surface area (Å²) in [7, 11) is 1.88. The van der Waals surface area contributed by atoms with Gasteiger partial charge in [-0.25, -0.2) is 0 Å². The first-order valence-corrected chi connectivity index (χ1v) is 5.80. The maximum atomic E-state index is 5.77. The van der Waals surface area contributed by atoms with Crippen LogP contribution in [-0.2, 0) is 6.54 Å². The van der Waals surface area contributed by atoms with E-state index in [-0.39, 0.29) is 0 Å². The number of nitrogen functional groups attached to an aromatic ring is 1. The minimum absolute atomic E-state index is 0.726. The molecule has 0 spiro atoms. The third kappa shape index (κ3) is 7.23. The van der Waals surface area contributed by atoms with Crippen LogP contribution < -0.4 is 11.1 Å². The quantitative estimate of drug-likeness (QED) is 0.761. The summed E-state index contributed by atoms with van der Waals surface area (Å²) >= 11 is 5.77. The molecule has 0 saturated heterocycles. The fourth-order valence-corrected chi connectivity index (χ4v) is 1.11. The molecule has 3 heteroatoms. The second-order valence-corrected chi connectivity index (χ2v) is 2.81. The number of rotatable bonds is 2. The van der Waals surface area contributed by atoms with E-state index in [9.17, 15) is 0 Å². The van der Waals surface area contributed by atoms with Crippen LogP contribution in [0.5, 0.6) is 0 Å². The molecule has 0 unspecified atom stereocenters. The van der Waals surface area contributed by atoms with Crippen LogP contribution in [0.4, 0.5) is 5.69 Å². The molecule has 0 aromatic heterocycles. The first kappa shape index (κ1) is 16.7. The van der Waals surface area contributed by atoms with E-state index in [0.29, 0.717) is 0 Å². The third-order valence-electron chi connectivity index (χ3n) is 1.47. The monoisotopic (exact) mass is 230 g/mol. The predicted octanol–water partition coefficient (Wildman–Crippen LogP) is 3.69. The molecule has 88 valence electrons. The van der Waals surface area contributed by atoms with Gasteiger partial charge in [-0.2, -0.15) is 0 Å². The van der Waals surface area contributed by atoms with Crippen molar-refractivity contribution in [1.29, 1.82) is 0 Å². The smallest absolute Gasteiger partial charge is 0.0410 e. The Bertz CT molecular complexity index is 249. The Balaban J connectivity index is 0. The number of benzene rings is 1. The summed E-state index contributed by atoms with van der Waals surface area (Å²) in [5.74, 6) is 0. The molecule has 2 nitrogen and oxygen atoms in total. The number of anilines is 1. The standard InChI is InChI=1S/C8H11ClN2.2C2H6/c1-11-5-6-4-7(9)2-3-8(6)10;2*1-2/h2-4,11H,5,10H2,1H3;2*1-2H3. The van der Waals surface area contributed by atoms with E-state index in [1.807, 2.05) is 46.9 Å². The average molecular weight is 231 g/mol. The summed E-state index contributed by atoms with van der Waals surface area (Å²) in [6.45, 7) is 8.76. The van der Waals surface area contributed by atoms with Gasteiger partial charge in [-0.15, -0.1) is 0 Å². The van der Waals surface area contributed by atoms with Gasteiger partial charge in [0.25, 0.3) is 0 Å². The van der Waals surface area contributed by atoms with E-state index in [0.717, 1.165) is 22.8 Å². The molecular formula is C12H23ClN2. The number of hydrogen-bond donors (Lipinski definition) is 2. The molecule has 1 aromatic rings. The van der Waals surface area contributed by atoms with Crippen LogP contribution in [0.1, 0.15) is 33.3 Å². The second-order valence-electron chi connectivity index (χ2n) is 2.37. The topological polar surface area (TPSA) is 38.0 Å². The van der Waals surface area contributed by atoms with Crippen LogP contribution in [0.15, 0.2) is 18.2 Å². The fraction of sp³-hybridized carbons (Fsp3) is 0.500. The molecule has 1 aromatic carbocycles. The SMILES string of the molecule is CC.CC.CNCc1cc(Cl)ccc1N. The summed E-state index contributed by atoms with van der Waals surface area (Å²) < 4.78 is 0. The highest BCUT2D eigenvalue weighted by Gasteiger charge is 1.97. The maximum Gasteiger partial charge on any atom is 0.0410 e. The normalized spacial score (nSPS) is 8.13. The van der Waals surface area contributed by atoms with E-state index < -0.39 is 0 Å². The summed E-state index contributed by atoms with van der Waals surface area (Å²) in [6.07, 6.45) is 0. The Morgan fingerprint density at radius 2 is 1.73 bits per heavy atom. The van der Waals surface area contributed by atoms with Crippen molar-refractivity contribution in [2.75, 3.05) is 12.8 Å². The van der Waals surface area contributed by atoms with E-state index in [1.165, 1.54) is 0 Å². The van der Waals surface area contributed by atoms with Crippen LogP contribution in [0.2, 0.25) is 5.02 Å². The Morgan fingerprint density at radius 3 is 2.20 bits per heavy atom. The van der Waals surface area contributed by atoms with E-state index in [1.54, 1.807) is 6.07 Å². The van der Waals surface area contributed by atoms with Crippen molar-refractivity contribution in [2.24, 2.45) is 0 Å². The molecule has 0 fully saturated rings. The van der Waals surface area contributed by atoms with E-state index >= 15 is 0 Å². The van der Waals surface area contributed by atoms with Crippen molar-refractivity contribution in [2.45, 2.75) is 34.2 Å². The zero-order valence-corrected chi connectivity index (χ0v) is 11.2. The molecule has 0 radical (unpaired) electrons. The molecular weight excluding hydrogens is 208 g/mol. The molecule has 0 atom stereocenters. The van der Waals surface area contributed by atoms with Crippen molar-refractivity contribution in [1.82, 2.24) is 5.32 Å². The fourth-order valence-electron chi connectivity index (χ4n) is 0.918. The largest absolute Gasteiger partial charge is 0.398 e. The minimum atomic E-state index is 0.726. The highest BCUT2D eigenvalue weighted by molar-refractivity contribution is 6.30. The molecule has 0 saturated carbocycles. The van der Waals surface area contributed by atoms with Gasteiger partial charge in [0.05, 0.1) is 0 Å². The highest BCUT2D eigenvalue weighted by atomic mass is 35.5. The van der Waals surface area contributed by atoms with Crippen LogP contribution in [-0.4, -0.2) is 7.05 Å². The first-order chi connectivity index (χ1) is 7.24. The van der Waals surface area contributed by atoms with Gasteiger partial charge < -0.3 is 11.1 Å². The minimum Gasteiger partial charge on any atom is -0.398 e. The second kappa shape index (κ2) is 11.3. The van der Waals surface area contributed by atoms with Crippen LogP contribution in [0, 0.1) is 0 Å². The molecule has 0 bridgehead atoms. The van der Waals surface area contributed by atoms with Crippen LogP contribution in [0.3, 0.4) is 0 Å². The van der Waals surface area contributed by atoms with Gasteiger partial charge >= 0.3 is 0 Å². The van der Waals surface area contributed by atoms with Gasteiger partial charge in [0, 0.05) is 17.3 Å². The van der Waals surface area contributed by atoms with Crippen molar-refractivity contribution >= 4 is 17.3 Å². The van der Waals surface area contributed by atoms with Gasteiger partial charge in [0.15, 0.2) is 0 Å². The Hall–Kier alpha value is -0.730. The number of halogens is 1. The van der Waals surface area contributed by atoms with Gasteiger partial charge in [0.2, 0.25) is 0 Å². The lowest BCUT2D eigenvalue weighted by Gasteiger charge is -2.04. The van der Waals surface area contributed by atoms with Gasteiger partial charge in [-0.3, -0.25) is 0 Å². The zero-order valence-electron chi connectivity index (χ0n) is 10.4. The maximum absolute atomic E-state index is 5.77. The lowest BCUT2D eigenvalue weighted by atomic mass is 10.2. The van der Waals surface area contributed by atoms with Crippen LogP contribution in [0.25, 0.3) is 0 Å².